The fraction of sp³-hybridized carbons (Fsp3) is 0.222. The highest BCUT2D eigenvalue weighted by molar-refractivity contribution is 5.98. The molecule has 0 aromatic heterocycles. The van der Waals surface area contributed by atoms with Crippen molar-refractivity contribution in [2.45, 2.75) is 13.5 Å². The summed E-state index contributed by atoms with van der Waals surface area (Å²) >= 11 is 0. The number of nitrogens with two attached hydrogens (primary N) is 1. The molecule has 3 nitrogen and oxygen atoms in total. The zero-order chi connectivity index (χ0) is 11.6. The maximum absolute atomic E-state index is 12.8. The van der Waals surface area contributed by atoms with Crippen molar-refractivity contribution in [3.05, 3.63) is 23.5 Å². The zero-order valence-corrected chi connectivity index (χ0v) is 7.76. The topological polar surface area (TPSA) is 52.3 Å². The lowest BCUT2D eigenvalue weighted by atomic mass is 10.1. The van der Waals surface area contributed by atoms with E-state index >= 15 is 0 Å². The number of benzene rings is 1. The Balaban J connectivity index is 3.27. The van der Waals surface area contributed by atoms with Crippen molar-refractivity contribution in [2.24, 2.45) is 0 Å². The van der Waals surface area contributed by atoms with Crippen molar-refractivity contribution >= 4 is 11.5 Å². The number of anilines is 1. The molecule has 0 radical (unpaired) electrons. The minimum Gasteiger partial charge on any atom is -0.432 e. The van der Waals surface area contributed by atoms with Gasteiger partial charge in [0.05, 0.1) is 11.3 Å². The predicted molar refractivity (Wildman–Crippen MR) is 47.4 cm³/mol. The molecule has 0 aliphatic carbocycles. The Bertz CT molecular complexity index is 393. The van der Waals surface area contributed by atoms with Crippen LogP contribution < -0.4 is 10.5 Å². The van der Waals surface area contributed by atoms with Gasteiger partial charge in [0.1, 0.15) is 5.82 Å². The highest BCUT2D eigenvalue weighted by Gasteiger charge is 2.17. The molecule has 1 rings (SSSR count). The molecule has 2 N–H and O–H groups in total. The molecule has 0 aliphatic rings. The number of ether oxygens (including phenoxy) is 1. The SMILES string of the molecule is CC(=O)c1cc(F)cc(N)c1OC(F)F. The number of Topliss-reactive ketones (excluding diaryl/α,β-unsaturated/α-hetero) is 1. The van der Waals surface area contributed by atoms with E-state index in [2.05, 4.69) is 4.74 Å². The summed E-state index contributed by atoms with van der Waals surface area (Å²) in [6, 6.07) is 1.61. The van der Waals surface area contributed by atoms with Crippen LogP contribution in [0.15, 0.2) is 12.1 Å². The Labute approximate surface area is 83.6 Å². The van der Waals surface area contributed by atoms with Crippen LogP contribution in [0.25, 0.3) is 0 Å². The van der Waals surface area contributed by atoms with E-state index in [0.29, 0.717) is 0 Å². The van der Waals surface area contributed by atoms with Crippen LogP contribution >= 0.6 is 0 Å². The third-order valence-electron chi connectivity index (χ3n) is 1.67. The first-order chi connectivity index (χ1) is 6.91. The third kappa shape index (κ3) is 2.61. The van der Waals surface area contributed by atoms with Gasteiger partial charge in [-0.15, -0.1) is 0 Å². The van der Waals surface area contributed by atoms with Crippen molar-refractivity contribution in [1.29, 1.82) is 0 Å². The monoisotopic (exact) mass is 219 g/mol. The molecule has 1 aromatic rings. The summed E-state index contributed by atoms with van der Waals surface area (Å²) in [7, 11) is 0. The van der Waals surface area contributed by atoms with Crippen LogP contribution in [-0.4, -0.2) is 12.4 Å². The van der Waals surface area contributed by atoms with E-state index in [4.69, 9.17) is 5.73 Å². The van der Waals surface area contributed by atoms with Crippen LogP contribution in [0.4, 0.5) is 18.9 Å². The number of rotatable bonds is 3. The Morgan fingerprint density at radius 2 is 2.07 bits per heavy atom. The lowest BCUT2D eigenvalue weighted by Gasteiger charge is -2.11. The summed E-state index contributed by atoms with van der Waals surface area (Å²) in [6.07, 6.45) is 0. The first-order valence-electron chi connectivity index (χ1n) is 3.96. The van der Waals surface area contributed by atoms with Gasteiger partial charge in [-0.25, -0.2) is 4.39 Å². The van der Waals surface area contributed by atoms with Crippen LogP contribution in [0.5, 0.6) is 5.75 Å². The number of nitrogen functional groups attached to an aromatic ring is 1. The second-order valence-electron chi connectivity index (χ2n) is 2.81. The summed E-state index contributed by atoms with van der Waals surface area (Å²) in [6.45, 7) is -2.01. The van der Waals surface area contributed by atoms with E-state index in [0.717, 1.165) is 19.1 Å². The summed E-state index contributed by atoms with van der Waals surface area (Å²) in [4.78, 5) is 11.0. The van der Waals surface area contributed by atoms with Crippen LogP contribution in [0, 0.1) is 5.82 Å². The third-order valence-corrected chi connectivity index (χ3v) is 1.67. The van der Waals surface area contributed by atoms with E-state index < -0.39 is 24.0 Å². The zero-order valence-electron chi connectivity index (χ0n) is 7.76. The molecular formula is C9H8F3NO2. The van der Waals surface area contributed by atoms with Crippen LogP contribution in [0.1, 0.15) is 17.3 Å². The molecule has 0 saturated heterocycles. The molecule has 0 heterocycles. The molecule has 0 bridgehead atoms. The number of hydrogen-bond acceptors (Lipinski definition) is 3. The second-order valence-corrected chi connectivity index (χ2v) is 2.81. The molecule has 6 heteroatoms. The van der Waals surface area contributed by atoms with E-state index in [1.165, 1.54) is 0 Å². The number of ketones is 1. The van der Waals surface area contributed by atoms with Gasteiger partial charge in [-0.05, 0) is 13.0 Å². The van der Waals surface area contributed by atoms with Gasteiger partial charge in [0.25, 0.3) is 0 Å². The number of alkyl halides is 2. The Morgan fingerprint density at radius 1 is 1.47 bits per heavy atom. The summed E-state index contributed by atoms with van der Waals surface area (Å²) in [5.41, 5.74) is 4.63. The van der Waals surface area contributed by atoms with Gasteiger partial charge in [-0.2, -0.15) is 8.78 Å². The lowest BCUT2D eigenvalue weighted by molar-refractivity contribution is -0.0496. The lowest BCUT2D eigenvalue weighted by Crippen LogP contribution is -2.09. The van der Waals surface area contributed by atoms with Crippen LogP contribution in [-0.2, 0) is 0 Å². The highest BCUT2D eigenvalue weighted by Crippen LogP contribution is 2.29. The molecular weight excluding hydrogens is 211 g/mol. The summed E-state index contributed by atoms with van der Waals surface area (Å²) in [5, 5.41) is 0. The molecule has 0 atom stereocenters. The molecule has 0 spiro atoms. The maximum atomic E-state index is 12.8. The van der Waals surface area contributed by atoms with Gasteiger partial charge >= 0.3 is 6.61 Å². The van der Waals surface area contributed by atoms with Crippen LogP contribution in [0.3, 0.4) is 0 Å². The average molecular weight is 219 g/mol. The van der Waals surface area contributed by atoms with Crippen molar-refractivity contribution in [3.8, 4) is 5.75 Å². The first kappa shape index (κ1) is 11.4. The fourth-order valence-corrected chi connectivity index (χ4v) is 1.10. The maximum Gasteiger partial charge on any atom is 0.387 e. The standard InChI is InChI=1S/C9H8F3NO2/c1-4(14)6-2-5(10)3-7(13)8(6)15-9(11)12/h2-3,9H,13H2,1H3. The smallest absolute Gasteiger partial charge is 0.387 e. The van der Waals surface area contributed by atoms with Crippen molar-refractivity contribution in [2.75, 3.05) is 5.73 Å². The Hall–Kier alpha value is -1.72. The normalized spacial score (nSPS) is 10.5. The largest absolute Gasteiger partial charge is 0.432 e. The summed E-state index contributed by atoms with van der Waals surface area (Å²) < 4.78 is 40.8. The van der Waals surface area contributed by atoms with Gasteiger partial charge in [0.15, 0.2) is 11.5 Å². The molecule has 0 aliphatic heterocycles. The molecule has 1 aromatic carbocycles. The molecule has 0 unspecified atom stereocenters. The molecule has 0 amide bonds. The quantitative estimate of drug-likeness (QED) is 0.626. The van der Waals surface area contributed by atoms with Gasteiger partial charge in [-0.1, -0.05) is 0 Å². The van der Waals surface area contributed by atoms with E-state index in [1.54, 1.807) is 0 Å². The van der Waals surface area contributed by atoms with Crippen molar-refractivity contribution in [1.82, 2.24) is 0 Å². The molecule has 0 fully saturated rings. The van der Waals surface area contributed by atoms with Gasteiger partial charge in [0, 0.05) is 6.07 Å². The van der Waals surface area contributed by atoms with E-state index in [-0.39, 0.29) is 11.3 Å². The molecule has 0 saturated carbocycles. The van der Waals surface area contributed by atoms with Gasteiger partial charge < -0.3 is 10.5 Å². The minimum absolute atomic E-state index is 0.298. The van der Waals surface area contributed by atoms with E-state index in [9.17, 15) is 18.0 Å². The summed E-state index contributed by atoms with van der Waals surface area (Å²) in [5.74, 6) is -1.87. The molecule has 15 heavy (non-hydrogen) atoms. The van der Waals surface area contributed by atoms with Crippen molar-refractivity contribution in [3.63, 3.8) is 0 Å². The fourth-order valence-electron chi connectivity index (χ4n) is 1.10. The Morgan fingerprint density at radius 3 is 2.53 bits per heavy atom. The number of carbonyl (C=O) groups excluding carboxylic acids is 1. The van der Waals surface area contributed by atoms with Crippen LogP contribution in [0.2, 0.25) is 0 Å². The van der Waals surface area contributed by atoms with Gasteiger partial charge in [0.2, 0.25) is 0 Å². The first-order valence-corrected chi connectivity index (χ1v) is 3.96. The Kier molecular flexibility index (Phi) is 3.18. The van der Waals surface area contributed by atoms with Gasteiger partial charge in [-0.3, -0.25) is 4.79 Å². The average Bonchev–Trinajstić information content (AvgIpc) is 2.08. The predicted octanol–water partition coefficient (Wildman–Crippen LogP) is 2.21. The molecule has 82 valence electrons. The number of halogens is 3. The minimum atomic E-state index is -3.11. The van der Waals surface area contributed by atoms with E-state index in [1.807, 2.05) is 0 Å². The second kappa shape index (κ2) is 4.20. The highest BCUT2D eigenvalue weighted by atomic mass is 19.3. The number of hydrogen-bond donors (Lipinski definition) is 1. The number of carbonyl (C=O) groups is 1. The van der Waals surface area contributed by atoms with Crippen molar-refractivity contribution < 1.29 is 22.7 Å².